The van der Waals surface area contributed by atoms with Gasteiger partial charge < -0.3 is 0 Å². The number of allylic oxidation sites excluding steroid dienone is 1. The molecule has 0 aliphatic heterocycles. The highest BCUT2D eigenvalue weighted by molar-refractivity contribution is 14.1. The molecule has 0 N–H and O–H groups in total. The molecule has 0 aromatic heterocycles. The summed E-state index contributed by atoms with van der Waals surface area (Å²) in [5, 5.41) is 0. The molecular formula is C11H12INO. The zero-order chi connectivity index (χ0) is 10.6. The highest BCUT2D eigenvalue weighted by atomic mass is 127. The lowest BCUT2D eigenvalue weighted by molar-refractivity contribution is -0.116. The first kappa shape index (κ1) is 11.2. The Morgan fingerprint density at radius 2 is 2.07 bits per heavy atom. The first-order chi connectivity index (χ1) is 6.66. The molecule has 0 heterocycles. The molecule has 0 saturated carbocycles. The third kappa shape index (κ3) is 2.57. The molecule has 3 heteroatoms. The molecule has 0 aliphatic rings. The maximum absolute atomic E-state index is 11.4. The quantitative estimate of drug-likeness (QED) is 0.768. The molecule has 0 saturated heterocycles. The van der Waals surface area contributed by atoms with E-state index < -0.39 is 0 Å². The predicted molar refractivity (Wildman–Crippen MR) is 67.1 cm³/mol. The summed E-state index contributed by atoms with van der Waals surface area (Å²) >= 11 is 2.22. The van der Waals surface area contributed by atoms with Gasteiger partial charge in [0, 0.05) is 16.7 Å². The second-order valence-corrected chi connectivity index (χ2v) is 3.99. The molecule has 2 nitrogen and oxygen atoms in total. The van der Waals surface area contributed by atoms with Gasteiger partial charge in [-0.2, -0.15) is 0 Å². The molecule has 14 heavy (non-hydrogen) atoms. The van der Waals surface area contributed by atoms with Gasteiger partial charge in [-0.15, -0.1) is 0 Å². The smallest absolute Gasteiger partial charge is 0.227 e. The van der Waals surface area contributed by atoms with Crippen molar-refractivity contribution in [1.82, 2.24) is 0 Å². The van der Waals surface area contributed by atoms with E-state index in [0.717, 1.165) is 9.26 Å². The van der Waals surface area contributed by atoms with E-state index in [2.05, 4.69) is 22.6 Å². The zero-order valence-corrected chi connectivity index (χ0v) is 10.4. The van der Waals surface area contributed by atoms with Crippen molar-refractivity contribution < 1.29 is 4.79 Å². The topological polar surface area (TPSA) is 20.3 Å². The molecule has 1 aromatic rings. The molecule has 0 unspecified atom stereocenters. The van der Waals surface area contributed by atoms with Crippen LogP contribution in [0.5, 0.6) is 0 Å². The second kappa shape index (κ2) is 5.14. The van der Waals surface area contributed by atoms with Gasteiger partial charge >= 0.3 is 0 Å². The Bertz CT molecular complexity index is 360. The number of carbonyl (C=O) groups excluding carboxylic acids is 1. The summed E-state index contributed by atoms with van der Waals surface area (Å²) < 4.78 is 1.07. The van der Waals surface area contributed by atoms with Crippen molar-refractivity contribution in [3.8, 4) is 0 Å². The van der Waals surface area contributed by atoms with Crippen LogP contribution in [-0.2, 0) is 4.79 Å². The maximum atomic E-state index is 11.4. The number of amides is 1. The standard InChI is InChI=1S/C11H12INO/c1-3-8-13(9(2)14)11-7-5-4-6-10(11)12/h3-8H,1-2H3/b8-3+. The van der Waals surface area contributed by atoms with Crippen molar-refractivity contribution in [2.45, 2.75) is 13.8 Å². The van der Waals surface area contributed by atoms with Crippen molar-refractivity contribution in [1.29, 1.82) is 0 Å². The van der Waals surface area contributed by atoms with E-state index in [-0.39, 0.29) is 5.91 Å². The van der Waals surface area contributed by atoms with Crippen LogP contribution in [0.15, 0.2) is 36.5 Å². The second-order valence-electron chi connectivity index (χ2n) is 2.82. The van der Waals surface area contributed by atoms with E-state index in [1.165, 1.54) is 0 Å². The van der Waals surface area contributed by atoms with Gasteiger partial charge in [-0.25, -0.2) is 0 Å². The lowest BCUT2D eigenvalue weighted by Crippen LogP contribution is -2.22. The summed E-state index contributed by atoms with van der Waals surface area (Å²) in [4.78, 5) is 13.0. The van der Waals surface area contributed by atoms with Crippen molar-refractivity contribution >= 4 is 34.2 Å². The van der Waals surface area contributed by atoms with E-state index in [9.17, 15) is 4.79 Å². The predicted octanol–water partition coefficient (Wildman–Crippen LogP) is 3.18. The summed E-state index contributed by atoms with van der Waals surface area (Å²) in [6, 6.07) is 7.80. The summed E-state index contributed by atoms with van der Waals surface area (Å²) in [7, 11) is 0. The maximum Gasteiger partial charge on any atom is 0.227 e. The van der Waals surface area contributed by atoms with Gasteiger partial charge in [-0.05, 0) is 41.6 Å². The van der Waals surface area contributed by atoms with Gasteiger partial charge in [-0.3, -0.25) is 9.69 Å². The highest BCUT2D eigenvalue weighted by Gasteiger charge is 2.09. The molecule has 1 aromatic carbocycles. The van der Waals surface area contributed by atoms with Crippen LogP contribution in [0.25, 0.3) is 0 Å². The summed E-state index contributed by atoms with van der Waals surface area (Å²) in [5.74, 6) is 0.0206. The molecule has 0 aliphatic carbocycles. The van der Waals surface area contributed by atoms with Crippen molar-refractivity contribution in [3.05, 3.63) is 40.1 Å². The van der Waals surface area contributed by atoms with Gasteiger partial charge in [0.15, 0.2) is 0 Å². The molecule has 0 atom stereocenters. The average molecular weight is 301 g/mol. The van der Waals surface area contributed by atoms with Crippen LogP contribution in [0.1, 0.15) is 13.8 Å². The lowest BCUT2D eigenvalue weighted by Gasteiger charge is -2.17. The number of rotatable bonds is 2. The van der Waals surface area contributed by atoms with Crippen LogP contribution in [0.4, 0.5) is 5.69 Å². The van der Waals surface area contributed by atoms with Crippen LogP contribution in [-0.4, -0.2) is 5.91 Å². The average Bonchev–Trinajstić information content (AvgIpc) is 2.15. The number of anilines is 1. The van der Waals surface area contributed by atoms with Crippen LogP contribution >= 0.6 is 22.6 Å². The molecule has 0 fully saturated rings. The fraction of sp³-hybridized carbons (Fsp3) is 0.182. The van der Waals surface area contributed by atoms with E-state index in [1.54, 1.807) is 18.0 Å². The SMILES string of the molecule is C/C=C/N(C(C)=O)c1ccccc1I. The minimum atomic E-state index is 0.0206. The van der Waals surface area contributed by atoms with Crippen LogP contribution < -0.4 is 4.90 Å². The monoisotopic (exact) mass is 301 g/mol. The molecular weight excluding hydrogens is 289 g/mol. The highest BCUT2D eigenvalue weighted by Crippen LogP contribution is 2.22. The summed E-state index contributed by atoms with van der Waals surface area (Å²) in [6.07, 6.45) is 3.63. The molecule has 0 bridgehead atoms. The molecule has 1 amide bonds. The Hall–Kier alpha value is -0.840. The number of nitrogens with zero attached hydrogens (tertiary/aromatic N) is 1. The lowest BCUT2D eigenvalue weighted by atomic mass is 10.3. The van der Waals surface area contributed by atoms with Crippen molar-refractivity contribution in [2.75, 3.05) is 4.90 Å². The Morgan fingerprint density at radius 1 is 1.43 bits per heavy atom. The van der Waals surface area contributed by atoms with E-state index in [4.69, 9.17) is 0 Å². The number of hydrogen-bond acceptors (Lipinski definition) is 1. The van der Waals surface area contributed by atoms with E-state index in [1.807, 2.05) is 37.3 Å². The Kier molecular flexibility index (Phi) is 4.13. The van der Waals surface area contributed by atoms with Crippen LogP contribution in [0.3, 0.4) is 0 Å². The molecule has 0 spiro atoms. The first-order valence-corrected chi connectivity index (χ1v) is 5.42. The number of hydrogen-bond donors (Lipinski definition) is 0. The molecule has 74 valence electrons. The fourth-order valence-electron chi connectivity index (χ4n) is 1.15. The summed E-state index contributed by atoms with van der Waals surface area (Å²) in [6.45, 7) is 3.45. The molecule has 0 radical (unpaired) electrons. The van der Waals surface area contributed by atoms with E-state index in [0.29, 0.717) is 0 Å². The van der Waals surface area contributed by atoms with Gasteiger partial charge in [0.2, 0.25) is 5.91 Å². The van der Waals surface area contributed by atoms with Crippen molar-refractivity contribution in [2.24, 2.45) is 0 Å². The third-order valence-electron chi connectivity index (χ3n) is 1.75. The van der Waals surface area contributed by atoms with Crippen LogP contribution in [0, 0.1) is 3.57 Å². The fourth-order valence-corrected chi connectivity index (χ4v) is 1.80. The van der Waals surface area contributed by atoms with Crippen molar-refractivity contribution in [3.63, 3.8) is 0 Å². The van der Waals surface area contributed by atoms with Gasteiger partial charge in [-0.1, -0.05) is 18.2 Å². The first-order valence-electron chi connectivity index (χ1n) is 4.34. The Morgan fingerprint density at radius 3 is 2.57 bits per heavy atom. The summed E-state index contributed by atoms with van der Waals surface area (Å²) in [5.41, 5.74) is 0.929. The number of carbonyl (C=O) groups is 1. The number of para-hydroxylation sites is 1. The largest absolute Gasteiger partial charge is 0.287 e. The van der Waals surface area contributed by atoms with Gasteiger partial charge in [0.05, 0.1) is 5.69 Å². The minimum Gasteiger partial charge on any atom is -0.287 e. The Balaban J connectivity index is 3.11. The molecule has 1 rings (SSSR count). The zero-order valence-electron chi connectivity index (χ0n) is 8.20. The van der Waals surface area contributed by atoms with E-state index >= 15 is 0 Å². The van der Waals surface area contributed by atoms with Gasteiger partial charge in [0.25, 0.3) is 0 Å². The van der Waals surface area contributed by atoms with Crippen LogP contribution in [0.2, 0.25) is 0 Å². The minimum absolute atomic E-state index is 0.0206. The van der Waals surface area contributed by atoms with Gasteiger partial charge in [0.1, 0.15) is 0 Å². The number of benzene rings is 1. The third-order valence-corrected chi connectivity index (χ3v) is 2.66. The number of halogens is 1. The Labute approximate surface area is 97.7 Å². The normalized spacial score (nSPS) is 10.5.